The van der Waals surface area contributed by atoms with Crippen molar-refractivity contribution in [1.29, 1.82) is 0 Å². The van der Waals surface area contributed by atoms with E-state index in [1.807, 2.05) is 29.9 Å². The molecule has 1 aliphatic heterocycles. The molecule has 1 aliphatic rings. The third-order valence-corrected chi connectivity index (χ3v) is 5.25. The number of nitrogens with one attached hydrogen (secondary N) is 1. The Hall–Kier alpha value is -2.86. The fourth-order valence-electron chi connectivity index (χ4n) is 3.57. The number of carbonyl (C=O) groups is 1. The lowest BCUT2D eigenvalue weighted by Crippen LogP contribution is -2.34. The molecule has 0 saturated heterocycles. The number of aryl methyl sites for hydroxylation is 1. The molecule has 6 nitrogen and oxygen atoms in total. The molecule has 0 aliphatic carbocycles. The molecule has 2 aromatic heterocycles. The molecule has 1 aromatic carbocycles. The number of carbonyl (C=O) groups excluding carboxylic acids is 1. The third-order valence-electron chi connectivity index (χ3n) is 4.96. The summed E-state index contributed by atoms with van der Waals surface area (Å²) in [5.74, 6) is -0.129. The maximum Gasteiger partial charge on any atom is 0.266 e. The van der Waals surface area contributed by atoms with Crippen LogP contribution in [0, 0.1) is 0 Å². The van der Waals surface area contributed by atoms with Crippen molar-refractivity contribution in [3.05, 3.63) is 74.8 Å². The van der Waals surface area contributed by atoms with Gasteiger partial charge in [0, 0.05) is 49.6 Å². The van der Waals surface area contributed by atoms with Gasteiger partial charge in [0.25, 0.3) is 11.5 Å². The monoisotopic (exact) mass is 382 g/mol. The number of rotatable bonds is 2. The number of nitrogens with zero attached hydrogens (tertiary/aromatic N) is 3. The lowest BCUT2D eigenvalue weighted by molar-refractivity contribution is 0.0762. The van der Waals surface area contributed by atoms with Crippen LogP contribution in [0.15, 0.2) is 47.4 Å². The van der Waals surface area contributed by atoms with Crippen LogP contribution in [0.25, 0.3) is 11.3 Å². The van der Waals surface area contributed by atoms with Crippen LogP contribution < -0.4 is 5.56 Å². The Morgan fingerprint density at radius 3 is 2.67 bits per heavy atom. The second-order valence-electron chi connectivity index (χ2n) is 6.62. The highest BCUT2D eigenvalue weighted by Crippen LogP contribution is 2.28. The van der Waals surface area contributed by atoms with Crippen molar-refractivity contribution in [3.63, 3.8) is 0 Å². The van der Waals surface area contributed by atoms with Gasteiger partial charge in [-0.25, -0.2) is 0 Å². The number of halogens is 1. The van der Waals surface area contributed by atoms with E-state index in [1.54, 1.807) is 4.90 Å². The van der Waals surface area contributed by atoms with Crippen molar-refractivity contribution < 1.29 is 4.79 Å². The van der Waals surface area contributed by atoms with Crippen molar-refractivity contribution in [3.8, 4) is 11.3 Å². The van der Waals surface area contributed by atoms with Gasteiger partial charge in [-0.2, -0.15) is 5.10 Å². The first-order chi connectivity index (χ1) is 13.0. The summed E-state index contributed by atoms with van der Waals surface area (Å²) >= 11 is 5.87. The fraction of sp³-hybridized carbons (Fsp3) is 0.250. The average Bonchev–Trinajstić information content (AvgIpc) is 2.86. The minimum Gasteiger partial charge on any atom is -0.338 e. The maximum absolute atomic E-state index is 12.9. The first kappa shape index (κ1) is 17.5. The Balaban J connectivity index is 1.61. The summed E-state index contributed by atoms with van der Waals surface area (Å²) in [7, 11) is 1.95. The molecule has 3 heterocycles. The lowest BCUT2D eigenvalue weighted by Gasteiger charge is -2.20. The van der Waals surface area contributed by atoms with E-state index in [4.69, 9.17) is 16.7 Å². The molecule has 0 atom stereocenters. The molecule has 0 bridgehead atoms. The van der Waals surface area contributed by atoms with E-state index in [0.29, 0.717) is 18.7 Å². The summed E-state index contributed by atoms with van der Waals surface area (Å²) in [5.41, 5.74) is 4.42. The molecule has 1 N–H and O–H groups in total. The van der Waals surface area contributed by atoms with Crippen LogP contribution >= 0.6 is 11.6 Å². The van der Waals surface area contributed by atoms with Gasteiger partial charge in [-0.05, 0) is 12.5 Å². The SMILES string of the molecule is Cn1nc(-c2ccccc2)c2c1CCN(C(=O)c1c[nH]c(=O)c(Cl)c1)CC2. The van der Waals surface area contributed by atoms with Gasteiger partial charge in [-0.3, -0.25) is 14.3 Å². The van der Waals surface area contributed by atoms with Crippen molar-refractivity contribution in [2.45, 2.75) is 12.8 Å². The van der Waals surface area contributed by atoms with Gasteiger partial charge in [-0.1, -0.05) is 41.9 Å². The van der Waals surface area contributed by atoms with Crippen molar-refractivity contribution >= 4 is 17.5 Å². The summed E-state index contributed by atoms with van der Waals surface area (Å²) in [6.45, 7) is 1.18. The number of benzene rings is 1. The highest BCUT2D eigenvalue weighted by atomic mass is 35.5. The van der Waals surface area contributed by atoms with E-state index in [0.717, 1.165) is 29.8 Å². The maximum atomic E-state index is 12.9. The quantitative estimate of drug-likeness (QED) is 0.740. The smallest absolute Gasteiger partial charge is 0.266 e. The molecular weight excluding hydrogens is 364 g/mol. The minimum atomic E-state index is -0.393. The average molecular weight is 383 g/mol. The molecule has 4 rings (SSSR count). The van der Waals surface area contributed by atoms with Gasteiger partial charge < -0.3 is 9.88 Å². The number of fused-ring (bicyclic) bond motifs is 1. The van der Waals surface area contributed by atoms with Crippen LogP contribution in [0.5, 0.6) is 0 Å². The Bertz CT molecular complexity index is 1060. The molecule has 0 spiro atoms. The molecule has 0 saturated carbocycles. The van der Waals surface area contributed by atoms with Gasteiger partial charge in [-0.15, -0.1) is 0 Å². The predicted molar refractivity (Wildman–Crippen MR) is 104 cm³/mol. The number of amides is 1. The number of H-pyrrole nitrogens is 1. The van der Waals surface area contributed by atoms with E-state index >= 15 is 0 Å². The Labute approximate surface area is 161 Å². The zero-order valence-corrected chi connectivity index (χ0v) is 15.7. The van der Waals surface area contributed by atoms with Gasteiger partial charge >= 0.3 is 0 Å². The largest absolute Gasteiger partial charge is 0.338 e. The van der Waals surface area contributed by atoms with Crippen LogP contribution in [-0.4, -0.2) is 38.7 Å². The Morgan fingerprint density at radius 1 is 1.19 bits per heavy atom. The third kappa shape index (κ3) is 3.28. The minimum absolute atomic E-state index is 0.0227. The van der Waals surface area contributed by atoms with E-state index in [-0.39, 0.29) is 10.9 Å². The van der Waals surface area contributed by atoms with Gasteiger partial charge in [0.2, 0.25) is 0 Å². The molecule has 138 valence electrons. The molecule has 0 unspecified atom stereocenters. The fourth-order valence-corrected chi connectivity index (χ4v) is 3.74. The molecule has 7 heteroatoms. The van der Waals surface area contributed by atoms with Crippen molar-refractivity contribution in [1.82, 2.24) is 19.7 Å². The summed E-state index contributed by atoms with van der Waals surface area (Å²) in [6, 6.07) is 11.5. The van der Waals surface area contributed by atoms with Gasteiger partial charge in [0.1, 0.15) is 5.02 Å². The van der Waals surface area contributed by atoms with Crippen LogP contribution in [0.2, 0.25) is 5.02 Å². The van der Waals surface area contributed by atoms with Crippen molar-refractivity contribution in [2.75, 3.05) is 13.1 Å². The first-order valence-corrected chi connectivity index (χ1v) is 9.20. The van der Waals surface area contributed by atoms with E-state index in [1.165, 1.54) is 17.8 Å². The number of hydrogen-bond donors (Lipinski definition) is 1. The van der Waals surface area contributed by atoms with Gasteiger partial charge in [0.15, 0.2) is 0 Å². The molecule has 0 fully saturated rings. The van der Waals surface area contributed by atoms with Crippen LogP contribution in [0.1, 0.15) is 21.6 Å². The van der Waals surface area contributed by atoms with E-state index in [9.17, 15) is 9.59 Å². The first-order valence-electron chi connectivity index (χ1n) is 8.82. The van der Waals surface area contributed by atoms with Crippen LogP contribution in [-0.2, 0) is 19.9 Å². The summed E-state index contributed by atoms with van der Waals surface area (Å²) < 4.78 is 1.92. The summed E-state index contributed by atoms with van der Waals surface area (Å²) in [6.07, 6.45) is 2.89. The zero-order chi connectivity index (χ0) is 19.0. The number of aromatic amines is 1. The lowest BCUT2D eigenvalue weighted by atomic mass is 10.0. The molecular formula is C20H19ClN4O2. The topological polar surface area (TPSA) is 71.0 Å². The number of aromatic nitrogens is 3. The Kier molecular flexibility index (Phi) is 4.58. The molecule has 1 amide bonds. The normalized spacial score (nSPS) is 13.9. The Morgan fingerprint density at radius 2 is 1.93 bits per heavy atom. The second kappa shape index (κ2) is 7.04. The highest BCUT2D eigenvalue weighted by Gasteiger charge is 2.25. The highest BCUT2D eigenvalue weighted by molar-refractivity contribution is 6.30. The predicted octanol–water partition coefficient (Wildman–Crippen LogP) is 2.67. The van der Waals surface area contributed by atoms with Crippen LogP contribution in [0.3, 0.4) is 0 Å². The second-order valence-corrected chi connectivity index (χ2v) is 7.03. The molecule has 0 radical (unpaired) electrons. The van der Waals surface area contributed by atoms with E-state index < -0.39 is 5.56 Å². The van der Waals surface area contributed by atoms with E-state index in [2.05, 4.69) is 17.1 Å². The standard InChI is InChI=1S/C20H19ClN4O2/c1-24-17-8-10-25(20(27)14-11-16(21)19(26)22-12-14)9-7-15(17)18(23-24)13-5-3-2-4-6-13/h2-6,11-12H,7-10H2,1H3,(H,22,26). The zero-order valence-electron chi connectivity index (χ0n) is 14.9. The summed E-state index contributed by atoms with van der Waals surface area (Å²) in [4.78, 5) is 28.6. The summed E-state index contributed by atoms with van der Waals surface area (Å²) in [5, 5.41) is 4.73. The molecule has 27 heavy (non-hydrogen) atoms. The number of pyridine rings is 1. The number of hydrogen-bond acceptors (Lipinski definition) is 3. The molecule has 3 aromatic rings. The van der Waals surface area contributed by atoms with Gasteiger partial charge in [0.05, 0.1) is 11.3 Å². The van der Waals surface area contributed by atoms with Crippen molar-refractivity contribution in [2.24, 2.45) is 7.05 Å². The van der Waals surface area contributed by atoms with Crippen LogP contribution in [0.4, 0.5) is 0 Å².